The van der Waals surface area contributed by atoms with Gasteiger partial charge in [0.15, 0.2) is 0 Å². The van der Waals surface area contributed by atoms with Crippen LogP contribution in [-0.2, 0) is 38.1 Å². The second-order valence-corrected chi connectivity index (χ2v) is 20.4. The lowest BCUT2D eigenvalue weighted by Crippen LogP contribution is -2.54. The summed E-state index contributed by atoms with van der Waals surface area (Å²) in [5.74, 6) is -0.452. The standard InChI is InChI=1S/C17H31N3O4.C12H23N3O2.C11H20N2O4.C6H13NO/c1-13-10-20(11-14(2)23-13)15(21)12-18-6-8-19(9-7-18)16(22)24-17(3,4)5;1-10-7-15(8-11(2)17-10)12(16)9-14-5-3-13-4-6-14;1-11(2,3)17-10(16)13-6-4-12(5-7-13)8-9(14)15;1-5-3-7-4-6(2)8-5/h13-14H,6-12H2,1-5H3;10-11,13H,3-9H2,1-2H3;4-8H2,1-3H3,(H,14,15);5-7H,3-4H2,1-2H3. The number of piperazine rings is 3. The van der Waals surface area contributed by atoms with E-state index in [2.05, 4.69) is 34.3 Å². The Bertz CT molecular complexity index is 1460. The van der Waals surface area contributed by atoms with E-state index in [4.69, 9.17) is 28.8 Å². The van der Waals surface area contributed by atoms with Crippen LogP contribution in [0.1, 0.15) is 83.1 Å². The molecule has 6 fully saturated rings. The maximum absolute atomic E-state index is 12.5. The summed E-state index contributed by atoms with van der Waals surface area (Å²) in [6.07, 6.45) is 0.689. The van der Waals surface area contributed by atoms with Crippen LogP contribution in [0, 0.1) is 0 Å². The number of hydrogen-bond donors (Lipinski definition) is 3. The molecule has 0 bridgehead atoms. The van der Waals surface area contributed by atoms with Crippen molar-refractivity contribution in [1.82, 2.24) is 44.9 Å². The molecule has 0 aliphatic carbocycles. The first kappa shape index (κ1) is 57.0. The van der Waals surface area contributed by atoms with Crippen molar-refractivity contribution in [3.63, 3.8) is 0 Å². The van der Waals surface area contributed by atoms with E-state index in [0.29, 0.717) is 90.7 Å². The highest BCUT2D eigenvalue weighted by Crippen LogP contribution is 2.16. The van der Waals surface area contributed by atoms with E-state index in [1.807, 2.05) is 83.9 Å². The molecule has 6 aliphatic rings. The van der Waals surface area contributed by atoms with Crippen LogP contribution in [0.15, 0.2) is 0 Å². The van der Waals surface area contributed by atoms with Gasteiger partial charge in [-0.05, 0) is 83.1 Å². The summed E-state index contributed by atoms with van der Waals surface area (Å²) in [5, 5.41) is 15.2. The zero-order valence-electron chi connectivity index (χ0n) is 42.5. The van der Waals surface area contributed by atoms with Gasteiger partial charge in [-0.25, -0.2) is 9.59 Å². The third kappa shape index (κ3) is 23.1. The van der Waals surface area contributed by atoms with Crippen LogP contribution in [0.25, 0.3) is 0 Å². The Hall–Kier alpha value is -3.37. The lowest BCUT2D eigenvalue weighted by Gasteiger charge is -2.38. The largest absolute Gasteiger partial charge is 0.480 e. The smallest absolute Gasteiger partial charge is 0.410 e. The Balaban J connectivity index is 0.000000246. The van der Waals surface area contributed by atoms with Crippen molar-refractivity contribution in [2.75, 3.05) is 137 Å². The molecule has 4 amide bonds. The number of morpholine rings is 3. The van der Waals surface area contributed by atoms with E-state index in [0.717, 1.165) is 52.4 Å². The van der Waals surface area contributed by atoms with Gasteiger partial charge in [0, 0.05) is 118 Å². The molecule has 6 aliphatic heterocycles. The molecule has 0 radical (unpaired) electrons. The lowest BCUT2D eigenvalue weighted by molar-refractivity contribution is -0.145. The fraction of sp³-hybridized carbons (Fsp3) is 0.891. The molecule has 6 atom stereocenters. The highest BCUT2D eigenvalue weighted by atomic mass is 16.6. The minimum atomic E-state index is -0.837. The molecule has 0 aromatic carbocycles. The second-order valence-electron chi connectivity index (χ2n) is 20.4. The molecule has 20 nitrogen and oxygen atoms in total. The molecule has 6 rings (SSSR count). The number of carbonyl (C=O) groups is 5. The third-order valence-corrected chi connectivity index (χ3v) is 11.2. The van der Waals surface area contributed by atoms with Crippen LogP contribution in [-0.4, -0.2) is 255 Å². The number of nitrogens with one attached hydrogen (secondary N) is 2. The molecule has 20 heteroatoms. The molecule has 0 aromatic rings. The highest BCUT2D eigenvalue weighted by molar-refractivity contribution is 5.79. The van der Waals surface area contributed by atoms with Crippen LogP contribution in [0.4, 0.5) is 9.59 Å². The third-order valence-electron chi connectivity index (χ3n) is 11.2. The van der Waals surface area contributed by atoms with E-state index >= 15 is 0 Å². The summed E-state index contributed by atoms with van der Waals surface area (Å²) in [6, 6.07) is 0. The average molecular weight is 942 g/mol. The SMILES string of the molecule is CC(C)(C)OC(=O)N1CCN(CC(=O)O)CC1.CC1CN(C(=O)CN2CCN(C(=O)OC(C)(C)C)CC2)CC(C)O1.CC1CN(C(=O)CN2CCNCC2)CC(C)O1.CC1CNCC(C)O1. The zero-order chi connectivity index (χ0) is 49.2. The molecule has 382 valence electrons. The van der Waals surface area contributed by atoms with Gasteiger partial charge in [-0.15, -0.1) is 0 Å². The molecule has 3 N–H and O–H groups in total. The normalized spacial score (nSPS) is 27.2. The summed E-state index contributed by atoms with van der Waals surface area (Å²) < 4.78 is 27.4. The minimum Gasteiger partial charge on any atom is -0.480 e. The number of rotatable bonds is 6. The lowest BCUT2D eigenvalue weighted by atomic mass is 10.2. The van der Waals surface area contributed by atoms with Crippen molar-refractivity contribution in [3.05, 3.63) is 0 Å². The number of carboxylic acid groups (broad SMARTS) is 1. The fourth-order valence-corrected chi connectivity index (χ4v) is 8.22. The maximum Gasteiger partial charge on any atom is 0.410 e. The van der Waals surface area contributed by atoms with E-state index in [9.17, 15) is 24.0 Å². The Morgan fingerprint density at radius 3 is 1.09 bits per heavy atom. The molecule has 0 aromatic heterocycles. The Morgan fingerprint density at radius 1 is 0.470 bits per heavy atom. The van der Waals surface area contributed by atoms with Crippen molar-refractivity contribution in [2.45, 2.75) is 131 Å². The van der Waals surface area contributed by atoms with Gasteiger partial charge in [0.2, 0.25) is 11.8 Å². The predicted molar refractivity (Wildman–Crippen MR) is 251 cm³/mol. The predicted octanol–water partition coefficient (Wildman–Crippen LogP) is 1.71. The Labute approximate surface area is 395 Å². The van der Waals surface area contributed by atoms with Crippen molar-refractivity contribution in [3.8, 4) is 0 Å². The summed E-state index contributed by atoms with van der Waals surface area (Å²) in [7, 11) is 0. The molecule has 0 saturated carbocycles. The molecule has 0 spiro atoms. The van der Waals surface area contributed by atoms with Crippen LogP contribution in [0.2, 0.25) is 0 Å². The quantitative estimate of drug-likeness (QED) is 0.348. The van der Waals surface area contributed by atoms with Gasteiger partial charge in [-0.1, -0.05) is 0 Å². The van der Waals surface area contributed by atoms with Gasteiger partial charge in [-0.2, -0.15) is 0 Å². The Kier molecular flexibility index (Phi) is 23.8. The number of carbonyl (C=O) groups excluding carboxylic acids is 4. The number of amides is 4. The number of carboxylic acids is 1. The number of nitrogens with zero attached hydrogens (tertiary/aromatic N) is 7. The van der Waals surface area contributed by atoms with E-state index in [1.165, 1.54) is 0 Å². The summed E-state index contributed by atoms with van der Waals surface area (Å²) in [6.45, 7) is 37.7. The van der Waals surface area contributed by atoms with Gasteiger partial charge < -0.3 is 59.0 Å². The summed E-state index contributed by atoms with van der Waals surface area (Å²) in [4.78, 5) is 72.2. The van der Waals surface area contributed by atoms with Crippen LogP contribution in [0.3, 0.4) is 0 Å². The average Bonchev–Trinajstić information content (AvgIpc) is 3.20. The second kappa shape index (κ2) is 27.6. The monoisotopic (exact) mass is 942 g/mol. The van der Waals surface area contributed by atoms with E-state index in [-0.39, 0.29) is 55.0 Å². The molecule has 6 saturated heterocycles. The van der Waals surface area contributed by atoms with Gasteiger partial charge in [0.25, 0.3) is 0 Å². The van der Waals surface area contributed by atoms with Gasteiger partial charge in [-0.3, -0.25) is 29.1 Å². The van der Waals surface area contributed by atoms with Crippen molar-refractivity contribution < 1.29 is 52.8 Å². The van der Waals surface area contributed by atoms with Gasteiger partial charge in [0.1, 0.15) is 11.2 Å². The van der Waals surface area contributed by atoms with Crippen LogP contribution < -0.4 is 10.6 Å². The molecule has 6 heterocycles. The molecule has 6 unspecified atom stereocenters. The summed E-state index contributed by atoms with van der Waals surface area (Å²) >= 11 is 0. The topological polar surface area (TPSA) is 198 Å². The van der Waals surface area contributed by atoms with Gasteiger partial charge >= 0.3 is 18.2 Å². The number of hydrogen-bond acceptors (Lipinski definition) is 15. The fourth-order valence-electron chi connectivity index (χ4n) is 8.22. The number of aliphatic carboxylic acids is 1. The first-order chi connectivity index (χ1) is 30.8. The van der Waals surface area contributed by atoms with Gasteiger partial charge in [0.05, 0.1) is 56.3 Å². The Morgan fingerprint density at radius 2 is 0.788 bits per heavy atom. The minimum absolute atomic E-state index is 0.0299. The molecular formula is C46H87N9O11. The van der Waals surface area contributed by atoms with Crippen molar-refractivity contribution >= 4 is 30.0 Å². The van der Waals surface area contributed by atoms with E-state index in [1.54, 1.807) is 9.80 Å². The first-order valence-electron chi connectivity index (χ1n) is 24.1. The number of ether oxygens (including phenoxy) is 5. The zero-order valence-corrected chi connectivity index (χ0v) is 42.5. The molecule has 66 heavy (non-hydrogen) atoms. The van der Waals surface area contributed by atoms with Crippen molar-refractivity contribution in [1.29, 1.82) is 0 Å². The van der Waals surface area contributed by atoms with Crippen LogP contribution >= 0.6 is 0 Å². The van der Waals surface area contributed by atoms with Crippen molar-refractivity contribution in [2.24, 2.45) is 0 Å². The summed E-state index contributed by atoms with van der Waals surface area (Å²) in [5.41, 5.74) is -0.969. The van der Waals surface area contributed by atoms with E-state index < -0.39 is 17.2 Å². The molecular weight excluding hydrogens is 855 g/mol. The van der Waals surface area contributed by atoms with Crippen LogP contribution in [0.5, 0.6) is 0 Å². The highest BCUT2D eigenvalue weighted by Gasteiger charge is 2.31. The first-order valence-corrected chi connectivity index (χ1v) is 24.1. The maximum atomic E-state index is 12.5.